The van der Waals surface area contributed by atoms with Gasteiger partial charge in [-0.1, -0.05) is 24.6 Å². The average molecular weight is 385 g/mol. The van der Waals surface area contributed by atoms with Gasteiger partial charge in [-0.3, -0.25) is 4.79 Å². The lowest BCUT2D eigenvalue weighted by molar-refractivity contribution is -0.121. The van der Waals surface area contributed by atoms with Crippen LogP contribution in [0.5, 0.6) is 5.88 Å². The number of amides is 1. The minimum atomic E-state index is -0.0176. The molecule has 0 saturated heterocycles. The van der Waals surface area contributed by atoms with E-state index in [2.05, 4.69) is 22.4 Å². The molecule has 1 aromatic heterocycles. The fraction of sp³-hybridized carbons (Fsp3) is 0.455. The van der Waals surface area contributed by atoms with Gasteiger partial charge in [0.05, 0.1) is 6.61 Å². The summed E-state index contributed by atoms with van der Waals surface area (Å²) in [5, 5.41) is 3.69. The van der Waals surface area contributed by atoms with Crippen LogP contribution in [0.3, 0.4) is 0 Å². The van der Waals surface area contributed by atoms with E-state index in [4.69, 9.17) is 16.3 Å². The number of pyridine rings is 1. The van der Waals surface area contributed by atoms with Gasteiger partial charge in [0, 0.05) is 33.3 Å². The fourth-order valence-corrected chi connectivity index (χ4v) is 4.57. The van der Waals surface area contributed by atoms with Gasteiger partial charge in [0.2, 0.25) is 11.8 Å². The van der Waals surface area contributed by atoms with Crippen molar-refractivity contribution in [2.45, 2.75) is 44.9 Å². The van der Waals surface area contributed by atoms with E-state index < -0.39 is 0 Å². The van der Waals surface area contributed by atoms with Crippen LogP contribution in [0.4, 0.5) is 5.69 Å². The second kappa shape index (κ2) is 7.16. The van der Waals surface area contributed by atoms with E-state index in [9.17, 15) is 4.79 Å². The molecule has 1 fully saturated rings. The number of nitrogens with one attached hydrogen (secondary N) is 1. The quantitative estimate of drug-likeness (QED) is 0.797. The Bertz CT molecular complexity index is 842. The van der Waals surface area contributed by atoms with Crippen molar-refractivity contribution in [3.63, 3.8) is 0 Å². The number of carbonyl (C=O) groups is 1. The van der Waals surface area contributed by atoms with Crippen molar-refractivity contribution in [2.24, 2.45) is 11.8 Å². The van der Waals surface area contributed by atoms with Crippen molar-refractivity contribution < 1.29 is 9.53 Å². The zero-order chi connectivity index (χ0) is 19.0. The van der Waals surface area contributed by atoms with Crippen LogP contribution >= 0.6 is 11.6 Å². The minimum Gasteiger partial charge on any atom is -0.476 e. The van der Waals surface area contributed by atoms with E-state index in [1.165, 1.54) is 5.56 Å². The number of rotatable bonds is 3. The first-order valence-electron chi connectivity index (χ1n) is 9.64. The highest BCUT2D eigenvalue weighted by atomic mass is 35.5. The molecule has 1 aliphatic heterocycles. The normalized spacial score (nSPS) is 24.9. The molecule has 1 N–H and O–H groups in total. The van der Waals surface area contributed by atoms with Gasteiger partial charge in [-0.2, -0.15) is 0 Å². The number of fused-ring (bicyclic) bond motifs is 2. The van der Waals surface area contributed by atoms with E-state index in [-0.39, 0.29) is 17.2 Å². The molecule has 1 spiro atoms. The standard InChI is InChI=1S/C22H25ClN2O2/c1-14-3-8-19-21(24-14)27-13-22(19)11-9-16(10-12-22)15(2)20(26)25-18-6-4-17(23)5-7-18/h3-8,15-16H,9-13H2,1-2H3,(H,25,26)/t15-,16?,22?/m1/s1. The molecule has 5 heteroatoms. The number of benzene rings is 1. The van der Waals surface area contributed by atoms with Crippen molar-refractivity contribution in [2.75, 3.05) is 11.9 Å². The van der Waals surface area contributed by atoms with E-state index in [0.717, 1.165) is 49.6 Å². The van der Waals surface area contributed by atoms with E-state index >= 15 is 0 Å². The number of carbonyl (C=O) groups excluding carboxylic acids is 1. The molecule has 0 unspecified atom stereocenters. The highest BCUT2D eigenvalue weighted by Gasteiger charge is 2.45. The van der Waals surface area contributed by atoms with Gasteiger partial charge in [-0.15, -0.1) is 0 Å². The smallest absolute Gasteiger partial charge is 0.227 e. The van der Waals surface area contributed by atoms with Gasteiger partial charge in [-0.25, -0.2) is 4.98 Å². The summed E-state index contributed by atoms with van der Waals surface area (Å²) in [7, 11) is 0. The molecular weight excluding hydrogens is 360 g/mol. The second-order valence-electron chi connectivity index (χ2n) is 8.00. The molecule has 4 nitrogen and oxygen atoms in total. The Hall–Kier alpha value is -2.07. The van der Waals surface area contributed by atoms with Gasteiger partial charge in [0.25, 0.3) is 0 Å². The Balaban J connectivity index is 1.39. The Morgan fingerprint density at radius 1 is 1.22 bits per heavy atom. The Morgan fingerprint density at radius 2 is 1.93 bits per heavy atom. The lowest BCUT2D eigenvalue weighted by Crippen LogP contribution is -2.37. The number of halogens is 1. The van der Waals surface area contributed by atoms with E-state index in [0.29, 0.717) is 10.9 Å². The summed E-state index contributed by atoms with van der Waals surface area (Å²) in [5.74, 6) is 1.27. The number of hydrogen-bond donors (Lipinski definition) is 1. The molecule has 2 aliphatic rings. The summed E-state index contributed by atoms with van der Waals surface area (Å²) in [6, 6.07) is 11.5. The number of nitrogens with zero attached hydrogens (tertiary/aromatic N) is 1. The van der Waals surface area contributed by atoms with Crippen LogP contribution in [0.15, 0.2) is 36.4 Å². The number of aryl methyl sites for hydroxylation is 1. The van der Waals surface area contributed by atoms with Gasteiger partial charge in [0.1, 0.15) is 0 Å². The van der Waals surface area contributed by atoms with Gasteiger partial charge < -0.3 is 10.1 Å². The van der Waals surface area contributed by atoms with E-state index in [1.807, 2.05) is 26.0 Å². The van der Waals surface area contributed by atoms with Crippen molar-refractivity contribution in [1.29, 1.82) is 0 Å². The minimum absolute atomic E-state index is 0.0176. The van der Waals surface area contributed by atoms with Crippen molar-refractivity contribution in [3.8, 4) is 5.88 Å². The molecule has 2 aromatic rings. The maximum absolute atomic E-state index is 12.7. The summed E-state index contributed by atoms with van der Waals surface area (Å²) >= 11 is 5.91. The predicted molar refractivity (Wildman–Crippen MR) is 107 cm³/mol. The number of hydrogen-bond acceptors (Lipinski definition) is 3. The molecule has 1 saturated carbocycles. The number of aromatic nitrogens is 1. The summed E-state index contributed by atoms with van der Waals surface area (Å²) < 4.78 is 5.90. The van der Waals surface area contributed by atoms with Gasteiger partial charge in [-0.05, 0) is 68.9 Å². The fourth-order valence-electron chi connectivity index (χ4n) is 4.44. The first-order chi connectivity index (χ1) is 13.0. The highest BCUT2D eigenvalue weighted by molar-refractivity contribution is 6.30. The van der Waals surface area contributed by atoms with Gasteiger partial charge >= 0.3 is 0 Å². The Kier molecular flexibility index (Phi) is 4.85. The van der Waals surface area contributed by atoms with Crippen molar-refractivity contribution >= 4 is 23.2 Å². The lowest BCUT2D eigenvalue weighted by Gasteiger charge is -2.38. The van der Waals surface area contributed by atoms with Crippen LogP contribution in [0.2, 0.25) is 5.02 Å². The molecule has 0 radical (unpaired) electrons. The predicted octanol–water partition coefficient (Wildman–Crippen LogP) is 5.14. The third-order valence-corrected chi connectivity index (χ3v) is 6.53. The van der Waals surface area contributed by atoms with Crippen LogP contribution in [-0.4, -0.2) is 17.5 Å². The molecule has 0 bridgehead atoms. The van der Waals surface area contributed by atoms with Crippen LogP contribution in [0, 0.1) is 18.8 Å². The average Bonchev–Trinajstić information content (AvgIpc) is 3.01. The number of anilines is 1. The molecule has 1 atom stereocenters. The molecule has 1 aliphatic carbocycles. The Labute approximate surface area is 165 Å². The third-order valence-electron chi connectivity index (χ3n) is 6.28. The molecule has 27 heavy (non-hydrogen) atoms. The summed E-state index contributed by atoms with van der Waals surface area (Å²) in [5.41, 5.74) is 3.12. The topological polar surface area (TPSA) is 51.2 Å². The first kappa shape index (κ1) is 18.3. The summed E-state index contributed by atoms with van der Waals surface area (Å²) in [6.07, 6.45) is 4.17. The highest BCUT2D eigenvalue weighted by Crippen LogP contribution is 2.49. The lowest BCUT2D eigenvalue weighted by atomic mass is 9.66. The molecular formula is C22H25ClN2O2. The van der Waals surface area contributed by atoms with Crippen LogP contribution < -0.4 is 10.1 Å². The molecule has 142 valence electrons. The van der Waals surface area contributed by atoms with Crippen molar-refractivity contribution in [3.05, 3.63) is 52.7 Å². The molecule has 4 rings (SSSR count). The zero-order valence-corrected chi connectivity index (χ0v) is 16.6. The van der Waals surface area contributed by atoms with Gasteiger partial charge in [0.15, 0.2) is 0 Å². The maximum Gasteiger partial charge on any atom is 0.227 e. The monoisotopic (exact) mass is 384 g/mol. The Morgan fingerprint density at radius 3 is 2.63 bits per heavy atom. The molecule has 2 heterocycles. The number of ether oxygens (including phenoxy) is 1. The van der Waals surface area contributed by atoms with Crippen LogP contribution in [0.1, 0.15) is 43.9 Å². The van der Waals surface area contributed by atoms with Crippen molar-refractivity contribution in [1.82, 2.24) is 4.98 Å². The first-order valence-corrected chi connectivity index (χ1v) is 10.0. The van der Waals surface area contributed by atoms with Crippen LogP contribution in [0.25, 0.3) is 0 Å². The zero-order valence-electron chi connectivity index (χ0n) is 15.8. The summed E-state index contributed by atoms with van der Waals surface area (Å²) in [6.45, 7) is 4.75. The second-order valence-corrected chi connectivity index (χ2v) is 8.43. The molecule has 1 amide bonds. The van der Waals surface area contributed by atoms with Crippen LogP contribution in [-0.2, 0) is 10.2 Å². The molecule has 1 aromatic carbocycles. The maximum atomic E-state index is 12.7. The summed E-state index contributed by atoms with van der Waals surface area (Å²) in [4.78, 5) is 17.2. The SMILES string of the molecule is Cc1ccc2c(n1)OCC21CCC([C@@H](C)C(=O)Nc2ccc(Cl)cc2)CC1. The van der Waals surface area contributed by atoms with E-state index in [1.54, 1.807) is 12.1 Å². The largest absolute Gasteiger partial charge is 0.476 e. The third kappa shape index (κ3) is 3.55.